The fourth-order valence-electron chi connectivity index (χ4n) is 1.18. The summed E-state index contributed by atoms with van der Waals surface area (Å²) in [5.41, 5.74) is -0.219. The summed E-state index contributed by atoms with van der Waals surface area (Å²) in [5, 5.41) is 20.1. The second kappa shape index (κ2) is 5.64. The SMILES string of the molecule is CCOC(=O)/C=C/c1cccc([N+](=O)[O-])c1O. The van der Waals surface area contributed by atoms with Crippen molar-refractivity contribution >= 4 is 17.7 Å². The van der Waals surface area contributed by atoms with Gasteiger partial charge < -0.3 is 9.84 Å². The van der Waals surface area contributed by atoms with E-state index in [9.17, 15) is 20.0 Å². The van der Waals surface area contributed by atoms with Crippen LogP contribution in [0.15, 0.2) is 24.3 Å². The molecule has 0 radical (unpaired) electrons. The molecule has 0 bridgehead atoms. The number of phenolic OH excluding ortho intramolecular Hbond substituents is 1. The normalized spacial score (nSPS) is 10.4. The lowest BCUT2D eigenvalue weighted by atomic mass is 10.1. The first kappa shape index (κ1) is 12.7. The van der Waals surface area contributed by atoms with Crippen LogP contribution in [0, 0.1) is 10.1 Å². The van der Waals surface area contributed by atoms with Crippen molar-refractivity contribution in [2.75, 3.05) is 6.61 Å². The van der Waals surface area contributed by atoms with E-state index in [4.69, 9.17) is 0 Å². The van der Waals surface area contributed by atoms with Crippen LogP contribution in [0.4, 0.5) is 5.69 Å². The second-order valence-electron chi connectivity index (χ2n) is 3.06. The molecule has 6 heteroatoms. The molecule has 0 saturated heterocycles. The Hall–Kier alpha value is -2.37. The number of para-hydroxylation sites is 1. The van der Waals surface area contributed by atoms with E-state index in [-0.39, 0.29) is 12.2 Å². The fourth-order valence-corrected chi connectivity index (χ4v) is 1.18. The van der Waals surface area contributed by atoms with Crippen molar-refractivity contribution in [2.45, 2.75) is 6.92 Å². The Kier molecular flexibility index (Phi) is 4.21. The monoisotopic (exact) mass is 237 g/mol. The highest BCUT2D eigenvalue weighted by atomic mass is 16.6. The number of phenols is 1. The Morgan fingerprint density at radius 1 is 1.59 bits per heavy atom. The van der Waals surface area contributed by atoms with Crippen LogP contribution >= 0.6 is 0 Å². The van der Waals surface area contributed by atoms with Crippen LogP contribution in [0.2, 0.25) is 0 Å². The summed E-state index contributed by atoms with van der Waals surface area (Å²) >= 11 is 0. The molecule has 0 saturated carbocycles. The molecule has 0 amide bonds. The molecule has 0 fully saturated rings. The zero-order valence-corrected chi connectivity index (χ0v) is 9.12. The zero-order valence-electron chi connectivity index (χ0n) is 9.12. The Bertz CT molecular complexity index is 467. The zero-order chi connectivity index (χ0) is 12.8. The number of nitro groups is 1. The summed E-state index contributed by atoms with van der Waals surface area (Å²) in [6, 6.07) is 4.05. The number of esters is 1. The van der Waals surface area contributed by atoms with Crippen molar-refractivity contribution < 1.29 is 19.6 Å². The number of hydrogen-bond acceptors (Lipinski definition) is 5. The number of benzene rings is 1. The smallest absolute Gasteiger partial charge is 0.330 e. The molecule has 0 aromatic heterocycles. The Morgan fingerprint density at radius 3 is 2.88 bits per heavy atom. The van der Waals surface area contributed by atoms with Crippen molar-refractivity contribution in [2.24, 2.45) is 0 Å². The lowest BCUT2D eigenvalue weighted by Crippen LogP contribution is -1.98. The van der Waals surface area contributed by atoms with Gasteiger partial charge in [0.15, 0.2) is 0 Å². The molecule has 1 N–H and O–H groups in total. The number of nitro benzene ring substituents is 1. The predicted molar refractivity (Wildman–Crippen MR) is 60.4 cm³/mol. The summed E-state index contributed by atoms with van der Waals surface area (Å²) in [4.78, 5) is 20.9. The molecule has 1 aromatic rings. The van der Waals surface area contributed by atoms with E-state index in [1.807, 2.05) is 0 Å². The van der Waals surface area contributed by atoms with E-state index in [0.29, 0.717) is 0 Å². The fraction of sp³-hybridized carbons (Fsp3) is 0.182. The van der Waals surface area contributed by atoms with Gasteiger partial charge in [-0.3, -0.25) is 10.1 Å². The van der Waals surface area contributed by atoms with Crippen LogP contribution in [0.3, 0.4) is 0 Å². The van der Waals surface area contributed by atoms with Gasteiger partial charge in [-0.25, -0.2) is 4.79 Å². The van der Waals surface area contributed by atoms with Crippen LogP contribution in [-0.4, -0.2) is 22.6 Å². The summed E-state index contributed by atoms with van der Waals surface area (Å²) in [6.07, 6.45) is 2.36. The molecule has 6 nitrogen and oxygen atoms in total. The molecular formula is C11H11NO5. The van der Waals surface area contributed by atoms with Crippen molar-refractivity contribution in [1.29, 1.82) is 0 Å². The van der Waals surface area contributed by atoms with Crippen LogP contribution < -0.4 is 0 Å². The molecule has 1 rings (SSSR count). The highest BCUT2D eigenvalue weighted by molar-refractivity contribution is 5.87. The lowest BCUT2D eigenvalue weighted by molar-refractivity contribution is -0.385. The quantitative estimate of drug-likeness (QED) is 0.373. The Labute approximate surface area is 97.3 Å². The van der Waals surface area contributed by atoms with E-state index in [1.54, 1.807) is 6.92 Å². The maximum atomic E-state index is 11.0. The van der Waals surface area contributed by atoms with Gasteiger partial charge in [0.2, 0.25) is 5.75 Å². The van der Waals surface area contributed by atoms with Crippen molar-refractivity contribution in [1.82, 2.24) is 0 Å². The number of hydrogen-bond donors (Lipinski definition) is 1. The maximum Gasteiger partial charge on any atom is 0.330 e. The van der Waals surface area contributed by atoms with Gasteiger partial charge in [0.1, 0.15) is 0 Å². The van der Waals surface area contributed by atoms with Crippen molar-refractivity contribution in [3.05, 3.63) is 40.0 Å². The van der Waals surface area contributed by atoms with Gasteiger partial charge in [-0.1, -0.05) is 12.1 Å². The molecule has 90 valence electrons. The summed E-state index contributed by atoms with van der Waals surface area (Å²) in [7, 11) is 0. The number of aromatic hydroxyl groups is 1. The van der Waals surface area contributed by atoms with Gasteiger partial charge in [-0.05, 0) is 13.0 Å². The molecule has 0 unspecified atom stereocenters. The molecular weight excluding hydrogens is 226 g/mol. The minimum Gasteiger partial charge on any atom is -0.502 e. The van der Waals surface area contributed by atoms with Crippen LogP contribution in [0.5, 0.6) is 5.75 Å². The van der Waals surface area contributed by atoms with Crippen LogP contribution in [-0.2, 0) is 9.53 Å². The molecule has 1 aromatic carbocycles. The first-order valence-electron chi connectivity index (χ1n) is 4.87. The third-order valence-corrected chi connectivity index (χ3v) is 1.93. The van der Waals surface area contributed by atoms with Crippen LogP contribution in [0.1, 0.15) is 12.5 Å². The summed E-state index contributed by atoms with van der Waals surface area (Å²) in [6.45, 7) is 1.90. The van der Waals surface area contributed by atoms with Crippen molar-refractivity contribution in [3.8, 4) is 5.75 Å². The van der Waals surface area contributed by atoms with Gasteiger partial charge in [0, 0.05) is 17.7 Å². The average molecular weight is 237 g/mol. The predicted octanol–water partition coefficient (Wildman–Crippen LogP) is 1.88. The first-order valence-corrected chi connectivity index (χ1v) is 4.87. The van der Waals surface area contributed by atoms with Gasteiger partial charge in [-0.2, -0.15) is 0 Å². The van der Waals surface area contributed by atoms with Gasteiger partial charge in [0.25, 0.3) is 0 Å². The van der Waals surface area contributed by atoms with Gasteiger partial charge in [0.05, 0.1) is 11.5 Å². The number of ether oxygens (including phenoxy) is 1. The van der Waals surface area contributed by atoms with Crippen LogP contribution in [0.25, 0.3) is 6.08 Å². The molecule has 0 aliphatic carbocycles. The maximum absolute atomic E-state index is 11.0. The highest BCUT2D eigenvalue weighted by Crippen LogP contribution is 2.29. The second-order valence-corrected chi connectivity index (χ2v) is 3.06. The first-order chi connectivity index (χ1) is 8.06. The third-order valence-electron chi connectivity index (χ3n) is 1.93. The summed E-state index contributed by atoms with van der Waals surface area (Å²) < 4.78 is 4.64. The molecule has 17 heavy (non-hydrogen) atoms. The average Bonchev–Trinajstić information content (AvgIpc) is 2.27. The minimum absolute atomic E-state index is 0.187. The molecule has 0 aliphatic heterocycles. The summed E-state index contributed by atoms with van der Waals surface area (Å²) in [5.74, 6) is -1.04. The van der Waals surface area contributed by atoms with E-state index in [0.717, 1.165) is 6.08 Å². The highest BCUT2D eigenvalue weighted by Gasteiger charge is 2.14. The Balaban J connectivity index is 2.96. The number of carbonyl (C=O) groups excluding carboxylic acids is 1. The van der Waals surface area contributed by atoms with E-state index in [2.05, 4.69) is 4.74 Å². The lowest BCUT2D eigenvalue weighted by Gasteiger charge is -1.99. The minimum atomic E-state index is -0.697. The van der Waals surface area contributed by atoms with Gasteiger partial charge >= 0.3 is 11.7 Å². The number of carbonyl (C=O) groups is 1. The molecule has 0 heterocycles. The van der Waals surface area contributed by atoms with Gasteiger partial charge in [-0.15, -0.1) is 0 Å². The van der Waals surface area contributed by atoms with E-state index < -0.39 is 22.3 Å². The third kappa shape index (κ3) is 3.30. The molecule has 0 atom stereocenters. The topological polar surface area (TPSA) is 89.7 Å². The number of rotatable bonds is 4. The largest absolute Gasteiger partial charge is 0.502 e. The molecule has 0 spiro atoms. The van der Waals surface area contributed by atoms with E-state index >= 15 is 0 Å². The Morgan fingerprint density at radius 2 is 2.29 bits per heavy atom. The van der Waals surface area contributed by atoms with E-state index in [1.165, 1.54) is 24.3 Å². The molecule has 0 aliphatic rings. The van der Waals surface area contributed by atoms with Crippen molar-refractivity contribution in [3.63, 3.8) is 0 Å². The standard InChI is InChI=1S/C11H11NO5/c1-2-17-10(13)7-6-8-4-3-5-9(11(8)14)12(15)16/h3-7,14H,2H2,1H3/b7-6+. The number of nitrogens with zero attached hydrogens (tertiary/aromatic N) is 1.